The first-order chi connectivity index (χ1) is 14.2. The maximum atomic E-state index is 13.7. The van der Waals surface area contributed by atoms with Crippen LogP contribution >= 0.6 is 11.6 Å². The van der Waals surface area contributed by atoms with Crippen LogP contribution in [0.25, 0.3) is 0 Å². The molecule has 2 aliphatic rings. The van der Waals surface area contributed by atoms with Crippen LogP contribution < -0.4 is 4.90 Å². The van der Waals surface area contributed by atoms with Gasteiger partial charge in [0.2, 0.25) is 10.0 Å². The van der Waals surface area contributed by atoms with Gasteiger partial charge in [-0.2, -0.15) is 4.31 Å². The second kappa shape index (κ2) is 7.87. The van der Waals surface area contributed by atoms with Gasteiger partial charge in [-0.05, 0) is 68.1 Å². The zero-order chi connectivity index (χ0) is 21.6. The van der Waals surface area contributed by atoms with E-state index >= 15 is 0 Å². The van der Waals surface area contributed by atoms with Crippen LogP contribution in [0.2, 0.25) is 5.02 Å². The molecule has 1 aliphatic heterocycles. The lowest BCUT2D eigenvalue weighted by molar-refractivity contribution is -0.141. The molecular formula is C22H25ClN2O4S. The van der Waals surface area contributed by atoms with Gasteiger partial charge < -0.3 is 10.0 Å². The Balaban J connectivity index is 1.63. The largest absolute Gasteiger partial charge is 0.481 e. The molecule has 30 heavy (non-hydrogen) atoms. The summed E-state index contributed by atoms with van der Waals surface area (Å²) >= 11 is 5.99. The van der Waals surface area contributed by atoms with Crippen molar-refractivity contribution in [2.45, 2.75) is 43.7 Å². The van der Waals surface area contributed by atoms with E-state index < -0.39 is 21.9 Å². The zero-order valence-corrected chi connectivity index (χ0v) is 18.5. The monoisotopic (exact) mass is 448 g/mol. The van der Waals surface area contributed by atoms with E-state index in [1.807, 2.05) is 44.2 Å². The number of anilines is 1. The van der Waals surface area contributed by atoms with E-state index in [2.05, 4.69) is 4.90 Å². The summed E-state index contributed by atoms with van der Waals surface area (Å²) in [6.07, 6.45) is 0.636. The number of halogens is 1. The molecule has 6 nitrogen and oxygen atoms in total. The molecule has 4 rings (SSSR count). The van der Waals surface area contributed by atoms with Crippen molar-refractivity contribution >= 4 is 33.3 Å². The maximum absolute atomic E-state index is 13.7. The second-order valence-electron chi connectivity index (χ2n) is 8.25. The summed E-state index contributed by atoms with van der Waals surface area (Å²) in [5.41, 5.74) is 2.49. The lowest BCUT2D eigenvalue weighted by Gasteiger charge is -2.44. The van der Waals surface area contributed by atoms with Crippen LogP contribution in [-0.4, -0.2) is 49.0 Å². The summed E-state index contributed by atoms with van der Waals surface area (Å²) < 4.78 is 28.9. The van der Waals surface area contributed by atoms with Crippen molar-refractivity contribution in [1.82, 2.24) is 4.31 Å². The number of nitrogens with zero attached hydrogens (tertiary/aromatic N) is 2. The molecule has 0 aromatic heterocycles. The number of hydrogen-bond acceptors (Lipinski definition) is 4. The third-order valence-corrected chi connectivity index (χ3v) is 8.55. The number of carboxylic acid groups (broad SMARTS) is 1. The molecule has 1 fully saturated rings. The minimum atomic E-state index is -3.75. The minimum absolute atomic E-state index is 0.234. The van der Waals surface area contributed by atoms with E-state index in [0.717, 1.165) is 11.3 Å². The van der Waals surface area contributed by atoms with Gasteiger partial charge in [0.1, 0.15) is 0 Å². The van der Waals surface area contributed by atoms with Gasteiger partial charge in [-0.3, -0.25) is 4.79 Å². The maximum Gasteiger partial charge on any atom is 0.307 e. The third-order valence-electron chi connectivity index (χ3n) is 6.08. The summed E-state index contributed by atoms with van der Waals surface area (Å²) in [6, 6.07) is 12.3. The highest BCUT2D eigenvalue weighted by atomic mass is 35.5. The van der Waals surface area contributed by atoms with Gasteiger partial charge in [-0.1, -0.05) is 23.7 Å². The van der Waals surface area contributed by atoms with Crippen LogP contribution in [0.3, 0.4) is 0 Å². The number of piperazine rings is 1. The zero-order valence-electron chi connectivity index (χ0n) is 17.0. The molecule has 2 aromatic carbocycles. The molecule has 8 heteroatoms. The van der Waals surface area contributed by atoms with Crippen LogP contribution in [0, 0.1) is 5.92 Å². The van der Waals surface area contributed by atoms with Crippen LogP contribution in [0.15, 0.2) is 47.4 Å². The van der Waals surface area contributed by atoms with E-state index in [4.69, 9.17) is 11.6 Å². The standard InChI is InChI=1S/C22H25ClN2O4S/c1-14-12-24(19-8-6-18(23)7-9-19)13-15(2)25(14)30(28,29)21-5-3-4-16-10-17(22(26)27)11-20(16)21/h3-9,14-15,17H,10-13H2,1-2H3,(H,26,27)/t14-,15+,17?. The molecule has 0 amide bonds. The number of sulfonamides is 1. The number of fused-ring (bicyclic) bond motifs is 1. The number of hydrogen-bond donors (Lipinski definition) is 1. The first kappa shape index (κ1) is 21.2. The van der Waals surface area contributed by atoms with Crippen molar-refractivity contribution in [3.05, 3.63) is 58.6 Å². The molecule has 2 aromatic rings. The van der Waals surface area contributed by atoms with Crippen molar-refractivity contribution in [1.29, 1.82) is 0 Å². The Bertz CT molecular complexity index is 1060. The van der Waals surface area contributed by atoms with Gasteiger partial charge in [0.25, 0.3) is 0 Å². The molecule has 1 aliphatic carbocycles. The van der Waals surface area contributed by atoms with E-state index in [1.54, 1.807) is 16.4 Å². The highest BCUT2D eigenvalue weighted by Crippen LogP contribution is 2.36. The van der Waals surface area contributed by atoms with E-state index in [0.29, 0.717) is 30.1 Å². The van der Waals surface area contributed by atoms with Crippen LogP contribution in [-0.2, 0) is 27.7 Å². The molecule has 0 saturated carbocycles. The molecule has 1 unspecified atom stereocenters. The van der Waals surface area contributed by atoms with E-state index in [9.17, 15) is 18.3 Å². The number of carbonyl (C=O) groups is 1. The van der Waals surface area contributed by atoms with Crippen molar-refractivity contribution in [3.8, 4) is 0 Å². The Morgan fingerprint density at radius 3 is 2.27 bits per heavy atom. The molecule has 1 saturated heterocycles. The van der Waals surface area contributed by atoms with Gasteiger partial charge in [0.05, 0.1) is 10.8 Å². The minimum Gasteiger partial charge on any atom is -0.481 e. The summed E-state index contributed by atoms with van der Waals surface area (Å²) in [7, 11) is -3.75. The normalized spacial score (nSPS) is 24.6. The van der Waals surface area contributed by atoms with Gasteiger partial charge in [-0.15, -0.1) is 0 Å². The molecule has 1 N–H and O–H groups in total. The van der Waals surface area contributed by atoms with Crippen LogP contribution in [0.5, 0.6) is 0 Å². The first-order valence-corrected chi connectivity index (χ1v) is 11.9. The van der Waals surface area contributed by atoms with Gasteiger partial charge in [-0.25, -0.2) is 8.42 Å². The molecule has 0 radical (unpaired) electrons. The Kier molecular flexibility index (Phi) is 5.55. The first-order valence-electron chi connectivity index (χ1n) is 10.1. The third kappa shape index (κ3) is 3.70. The quantitative estimate of drug-likeness (QED) is 0.775. The van der Waals surface area contributed by atoms with Crippen molar-refractivity contribution < 1.29 is 18.3 Å². The summed E-state index contributed by atoms with van der Waals surface area (Å²) in [4.78, 5) is 13.9. The molecule has 0 bridgehead atoms. The van der Waals surface area contributed by atoms with Crippen molar-refractivity contribution in [2.24, 2.45) is 5.92 Å². The lowest BCUT2D eigenvalue weighted by atomic mass is 10.1. The lowest BCUT2D eigenvalue weighted by Crippen LogP contribution is -2.58. The van der Waals surface area contributed by atoms with Crippen LogP contribution in [0.4, 0.5) is 5.69 Å². The Labute approximate surface area is 182 Å². The molecule has 3 atom stereocenters. The van der Waals surface area contributed by atoms with Gasteiger partial charge in [0.15, 0.2) is 0 Å². The molecule has 1 heterocycles. The fourth-order valence-electron chi connectivity index (χ4n) is 4.79. The van der Waals surface area contributed by atoms with Gasteiger partial charge >= 0.3 is 5.97 Å². The van der Waals surface area contributed by atoms with Gasteiger partial charge in [0, 0.05) is 35.9 Å². The Morgan fingerprint density at radius 1 is 1.03 bits per heavy atom. The summed E-state index contributed by atoms with van der Waals surface area (Å²) in [5, 5.41) is 10.1. The second-order valence-corrected chi connectivity index (χ2v) is 10.5. The molecule has 160 valence electrons. The average molecular weight is 449 g/mol. The topological polar surface area (TPSA) is 77.9 Å². The molecular weight excluding hydrogens is 424 g/mol. The summed E-state index contributed by atoms with van der Waals surface area (Å²) in [6.45, 7) is 4.97. The number of aliphatic carboxylic acids is 1. The predicted octanol–water partition coefficient (Wildman–Crippen LogP) is 3.43. The predicted molar refractivity (Wildman–Crippen MR) is 117 cm³/mol. The van der Waals surface area contributed by atoms with Crippen LogP contribution in [0.1, 0.15) is 25.0 Å². The van der Waals surface area contributed by atoms with E-state index in [-0.39, 0.29) is 23.4 Å². The molecule has 0 spiro atoms. The number of carboxylic acids is 1. The highest BCUT2D eigenvalue weighted by Gasteiger charge is 2.41. The van der Waals surface area contributed by atoms with Crippen molar-refractivity contribution in [2.75, 3.05) is 18.0 Å². The Morgan fingerprint density at radius 2 is 1.67 bits per heavy atom. The summed E-state index contributed by atoms with van der Waals surface area (Å²) in [5.74, 6) is -1.44. The fraction of sp³-hybridized carbons (Fsp3) is 0.409. The van der Waals surface area contributed by atoms with Crippen molar-refractivity contribution in [3.63, 3.8) is 0 Å². The number of rotatable bonds is 4. The highest BCUT2D eigenvalue weighted by molar-refractivity contribution is 7.89. The SMILES string of the molecule is C[C@@H]1CN(c2ccc(Cl)cc2)C[C@H](C)N1S(=O)(=O)c1cccc2c1CC(C(=O)O)C2. The average Bonchev–Trinajstić information content (AvgIpc) is 3.12. The number of benzene rings is 2. The Hall–Kier alpha value is -2.09. The smallest absolute Gasteiger partial charge is 0.307 e. The fourth-order valence-corrected chi connectivity index (χ4v) is 7.00. The van der Waals surface area contributed by atoms with E-state index in [1.165, 1.54) is 0 Å².